The number of nitrogens with one attached hydrogen (secondary N) is 1. The molecule has 1 aliphatic heterocycles. The highest BCUT2D eigenvalue weighted by atomic mass is 32.2. The summed E-state index contributed by atoms with van der Waals surface area (Å²) in [5.41, 5.74) is 0. The lowest BCUT2D eigenvalue weighted by Crippen LogP contribution is -2.47. The molecule has 1 aromatic rings. The van der Waals surface area contributed by atoms with Crippen LogP contribution in [0.25, 0.3) is 0 Å². The number of rotatable bonds is 5. The van der Waals surface area contributed by atoms with Crippen LogP contribution in [0.4, 0.5) is 0 Å². The molecule has 0 aromatic carbocycles. The molecule has 7 nitrogen and oxygen atoms in total. The van der Waals surface area contributed by atoms with E-state index in [-0.39, 0.29) is 23.9 Å². The van der Waals surface area contributed by atoms with Crippen LogP contribution in [0.1, 0.15) is 51.4 Å². The molecule has 0 spiro atoms. The van der Waals surface area contributed by atoms with E-state index >= 15 is 0 Å². The summed E-state index contributed by atoms with van der Waals surface area (Å²) in [6.45, 7) is 7.14. The van der Waals surface area contributed by atoms with E-state index in [9.17, 15) is 13.2 Å². The van der Waals surface area contributed by atoms with Crippen LogP contribution in [-0.4, -0.2) is 54.2 Å². The monoisotopic (exact) mass is 342 g/mol. The van der Waals surface area contributed by atoms with Gasteiger partial charge < -0.3 is 9.47 Å². The third kappa shape index (κ3) is 4.54. The number of sulfonamides is 1. The van der Waals surface area contributed by atoms with Gasteiger partial charge in [0.25, 0.3) is 0 Å². The topological polar surface area (TPSA) is 84.3 Å². The van der Waals surface area contributed by atoms with Crippen LogP contribution in [0.3, 0.4) is 0 Å². The molecule has 0 bridgehead atoms. The molecule has 1 N–H and O–H groups in total. The first-order valence-corrected chi connectivity index (χ1v) is 9.87. The maximum absolute atomic E-state index is 12.7. The van der Waals surface area contributed by atoms with Crippen molar-refractivity contribution in [3.8, 4) is 0 Å². The quantitative estimate of drug-likeness (QED) is 0.869. The van der Waals surface area contributed by atoms with Gasteiger partial charge in [-0.2, -0.15) is 0 Å². The van der Waals surface area contributed by atoms with Crippen molar-refractivity contribution in [1.82, 2.24) is 19.2 Å². The molecule has 1 saturated heterocycles. The van der Waals surface area contributed by atoms with Gasteiger partial charge >= 0.3 is 0 Å². The molecule has 130 valence electrons. The first kappa shape index (κ1) is 17.9. The number of hydrogen-bond donors (Lipinski definition) is 1. The fraction of sp³-hybridized carbons (Fsp3) is 0.733. The zero-order chi connectivity index (χ0) is 17.2. The molecule has 2 rings (SSSR count). The average Bonchev–Trinajstić information content (AvgIpc) is 2.94. The summed E-state index contributed by atoms with van der Waals surface area (Å²) in [6.07, 6.45) is 6.02. The second-order valence-electron chi connectivity index (χ2n) is 6.51. The van der Waals surface area contributed by atoms with Crippen molar-refractivity contribution in [1.29, 1.82) is 0 Å². The van der Waals surface area contributed by atoms with Gasteiger partial charge in [-0.05, 0) is 19.8 Å². The third-order valence-corrected chi connectivity index (χ3v) is 4.94. The van der Waals surface area contributed by atoms with Crippen molar-refractivity contribution in [3.05, 3.63) is 18.2 Å². The van der Waals surface area contributed by atoms with Crippen molar-refractivity contribution in [2.45, 2.75) is 51.6 Å². The molecular weight excluding hydrogens is 316 g/mol. The van der Waals surface area contributed by atoms with Crippen molar-refractivity contribution in [2.24, 2.45) is 0 Å². The predicted molar refractivity (Wildman–Crippen MR) is 88.6 cm³/mol. The summed E-state index contributed by atoms with van der Waals surface area (Å²) in [7, 11) is -3.19. The third-order valence-electron chi connectivity index (χ3n) is 4.18. The highest BCUT2D eigenvalue weighted by Crippen LogP contribution is 2.21. The molecule has 0 aliphatic carbocycles. The number of piperidine rings is 1. The number of hydrogen-bond acceptors (Lipinski definition) is 4. The SMILES string of the molecule is CC(C)c1nccn1[C@H](C)C(=O)N1CCC(NS(C)(=O)=O)CC1. The van der Waals surface area contributed by atoms with E-state index in [1.54, 1.807) is 6.20 Å². The zero-order valence-electron chi connectivity index (χ0n) is 14.2. The Kier molecular flexibility index (Phi) is 5.46. The molecule has 1 aliphatic rings. The average molecular weight is 342 g/mol. The Morgan fingerprint density at radius 1 is 1.30 bits per heavy atom. The molecule has 0 unspecified atom stereocenters. The number of imidazole rings is 1. The molecule has 1 aromatic heterocycles. The lowest BCUT2D eigenvalue weighted by Gasteiger charge is -2.34. The van der Waals surface area contributed by atoms with Gasteiger partial charge in [-0.3, -0.25) is 4.79 Å². The summed E-state index contributed by atoms with van der Waals surface area (Å²) in [4.78, 5) is 18.8. The first-order chi connectivity index (χ1) is 10.7. The highest BCUT2D eigenvalue weighted by molar-refractivity contribution is 7.88. The lowest BCUT2D eigenvalue weighted by atomic mass is 10.1. The fourth-order valence-electron chi connectivity index (χ4n) is 3.00. The maximum Gasteiger partial charge on any atom is 0.245 e. The zero-order valence-corrected chi connectivity index (χ0v) is 15.0. The van der Waals surface area contributed by atoms with Gasteiger partial charge in [0.1, 0.15) is 11.9 Å². The van der Waals surface area contributed by atoms with Gasteiger partial charge in [-0.1, -0.05) is 13.8 Å². The largest absolute Gasteiger partial charge is 0.341 e. The summed E-state index contributed by atoms with van der Waals surface area (Å²) in [5, 5.41) is 0. The van der Waals surface area contributed by atoms with Crippen LogP contribution in [0.2, 0.25) is 0 Å². The fourth-order valence-corrected chi connectivity index (χ4v) is 3.84. The van der Waals surface area contributed by atoms with Crippen LogP contribution >= 0.6 is 0 Å². The van der Waals surface area contributed by atoms with Crippen LogP contribution in [0, 0.1) is 0 Å². The van der Waals surface area contributed by atoms with E-state index < -0.39 is 10.0 Å². The van der Waals surface area contributed by atoms with E-state index in [1.807, 2.05) is 22.6 Å². The Labute approximate surface area is 138 Å². The minimum Gasteiger partial charge on any atom is -0.341 e. The van der Waals surface area contributed by atoms with Gasteiger partial charge in [0.15, 0.2) is 0 Å². The van der Waals surface area contributed by atoms with Crippen molar-refractivity contribution >= 4 is 15.9 Å². The summed E-state index contributed by atoms with van der Waals surface area (Å²) >= 11 is 0. The van der Waals surface area contributed by atoms with Gasteiger partial charge in [0, 0.05) is 37.4 Å². The smallest absolute Gasteiger partial charge is 0.245 e. The molecule has 1 fully saturated rings. The molecule has 1 atom stereocenters. The standard InChI is InChI=1S/C15H26N4O3S/c1-11(2)14-16-7-10-19(14)12(3)15(20)18-8-5-13(6-9-18)17-23(4,21)22/h7,10-13,17H,5-6,8-9H2,1-4H3/t12-/m1/s1. The van der Waals surface area contributed by atoms with E-state index in [0.29, 0.717) is 25.9 Å². The van der Waals surface area contributed by atoms with Crippen LogP contribution in [-0.2, 0) is 14.8 Å². The van der Waals surface area contributed by atoms with Crippen LogP contribution < -0.4 is 4.72 Å². The Hall–Kier alpha value is -1.41. The first-order valence-electron chi connectivity index (χ1n) is 7.98. The summed E-state index contributed by atoms with van der Waals surface area (Å²) in [6, 6.07) is -0.377. The Bertz CT molecular complexity index is 645. The maximum atomic E-state index is 12.7. The second-order valence-corrected chi connectivity index (χ2v) is 8.29. The molecule has 0 radical (unpaired) electrons. The van der Waals surface area contributed by atoms with Gasteiger partial charge in [0.2, 0.25) is 15.9 Å². The molecule has 8 heteroatoms. The van der Waals surface area contributed by atoms with E-state index in [0.717, 1.165) is 5.82 Å². The Morgan fingerprint density at radius 2 is 1.91 bits per heavy atom. The van der Waals surface area contributed by atoms with Gasteiger partial charge in [0.05, 0.1) is 6.26 Å². The molecular formula is C15H26N4O3S. The van der Waals surface area contributed by atoms with Crippen molar-refractivity contribution < 1.29 is 13.2 Å². The Morgan fingerprint density at radius 3 is 2.43 bits per heavy atom. The number of likely N-dealkylation sites (tertiary alicyclic amines) is 1. The van der Waals surface area contributed by atoms with Crippen LogP contribution in [0.5, 0.6) is 0 Å². The normalized spacial score (nSPS) is 18.4. The number of aromatic nitrogens is 2. The summed E-state index contributed by atoms with van der Waals surface area (Å²) < 4.78 is 27.1. The summed E-state index contributed by atoms with van der Waals surface area (Å²) in [5.74, 6) is 1.21. The minimum atomic E-state index is -3.19. The van der Waals surface area contributed by atoms with Gasteiger partial charge in [-0.15, -0.1) is 0 Å². The number of carbonyl (C=O) groups excluding carboxylic acids is 1. The molecule has 1 amide bonds. The van der Waals surface area contributed by atoms with Crippen molar-refractivity contribution in [2.75, 3.05) is 19.3 Å². The number of nitrogens with zero attached hydrogens (tertiary/aromatic N) is 3. The number of amides is 1. The van der Waals surface area contributed by atoms with E-state index in [4.69, 9.17) is 0 Å². The lowest BCUT2D eigenvalue weighted by molar-refractivity contribution is -0.135. The van der Waals surface area contributed by atoms with Crippen molar-refractivity contribution in [3.63, 3.8) is 0 Å². The van der Waals surface area contributed by atoms with E-state index in [2.05, 4.69) is 23.6 Å². The minimum absolute atomic E-state index is 0.0581. The highest BCUT2D eigenvalue weighted by Gasteiger charge is 2.28. The molecule has 0 saturated carbocycles. The number of carbonyl (C=O) groups is 1. The predicted octanol–water partition coefficient (Wildman–Crippen LogP) is 1.11. The Balaban J connectivity index is 1.98. The van der Waals surface area contributed by atoms with E-state index in [1.165, 1.54) is 6.26 Å². The molecule has 2 heterocycles. The second kappa shape index (κ2) is 7.00. The molecule has 23 heavy (non-hydrogen) atoms. The van der Waals surface area contributed by atoms with Gasteiger partial charge in [-0.25, -0.2) is 18.1 Å². The van der Waals surface area contributed by atoms with Crippen LogP contribution in [0.15, 0.2) is 12.4 Å².